The second kappa shape index (κ2) is 29.3. The fourth-order valence-electron chi connectivity index (χ4n) is 10.5. The monoisotopic (exact) mass is 1110 g/mol. The number of nitrogens with zero attached hydrogens (tertiary/aromatic N) is 4. The topological polar surface area (TPSA) is 288 Å². The van der Waals surface area contributed by atoms with Gasteiger partial charge in [0, 0.05) is 33.6 Å². The van der Waals surface area contributed by atoms with Gasteiger partial charge in [0.25, 0.3) is 5.91 Å². The van der Waals surface area contributed by atoms with Gasteiger partial charge >= 0.3 is 11.9 Å². The van der Waals surface area contributed by atoms with Gasteiger partial charge in [-0.1, -0.05) is 73.9 Å². The molecule has 0 saturated carbocycles. The number of aliphatic hydroxyl groups is 2. The number of likely N-dealkylation sites (N-methyl/N-ethyl adjacent to an activating group) is 2. The van der Waals surface area contributed by atoms with Crippen LogP contribution in [-0.4, -0.2) is 190 Å². The molecule has 1 aromatic carbocycles. The Balaban J connectivity index is 1.89. The normalized spacial score (nSPS) is 27.7. The third-order valence-electron chi connectivity index (χ3n) is 15.5. The number of rotatable bonds is 15. The molecule has 3 aliphatic rings. The van der Waals surface area contributed by atoms with Gasteiger partial charge in [0.15, 0.2) is 11.9 Å². The highest BCUT2D eigenvalue weighted by Gasteiger charge is 2.46. The van der Waals surface area contributed by atoms with Gasteiger partial charge in [-0.2, -0.15) is 0 Å². The smallest absolute Gasteiger partial charge is 0.329 e. The van der Waals surface area contributed by atoms with E-state index in [1.165, 1.54) is 61.6 Å². The first kappa shape index (κ1) is 65.4. The summed E-state index contributed by atoms with van der Waals surface area (Å²) < 4.78 is 17.2. The molecule has 5 unspecified atom stereocenters. The zero-order valence-corrected chi connectivity index (χ0v) is 48.8. The maximum absolute atomic E-state index is 15.0. The summed E-state index contributed by atoms with van der Waals surface area (Å²) in [7, 11) is 4.29. The number of esters is 2. The molecule has 4 rings (SSSR count). The zero-order valence-electron chi connectivity index (χ0n) is 48.8. The molecule has 0 spiro atoms. The van der Waals surface area contributed by atoms with Gasteiger partial charge in [-0.05, 0) is 101 Å². The van der Waals surface area contributed by atoms with Crippen LogP contribution < -0.4 is 20.7 Å². The van der Waals surface area contributed by atoms with Crippen molar-refractivity contribution in [1.29, 1.82) is 0 Å². The average Bonchev–Trinajstić information content (AvgIpc) is 4.13. The summed E-state index contributed by atoms with van der Waals surface area (Å²) in [6.07, 6.45) is -4.99. The Morgan fingerprint density at radius 3 is 2.06 bits per heavy atom. The molecule has 0 aromatic heterocycles. The molecule has 22 heteroatoms. The van der Waals surface area contributed by atoms with Crippen molar-refractivity contribution in [1.82, 2.24) is 35.6 Å². The van der Waals surface area contributed by atoms with Gasteiger partial charge in [0.05, 0.1) is 31.6 Å². The number of methoxy groups -OCH3 is 1. The minimum atomic E-state index is -1.76. The number of likely N-dealkylation sites (tertiary alicyclic amines) is 1. The van der Waals surface area contributed by atoms with Gasteiger partial charge in [0.1, 0.15) is 54.2 Å². The predicted octanol–water partition coefficient (Wildman–Crippen LogP) is 2.32. The molecule has 3 aliphatic heterocycles. The second-order valence-corrected chi connectivity index (χ2v) is 23.0. The first-order valence-electron chi connectivity index (χ1n) is 28.0. The fraction of sp³-hybridized carbons (Fsp3) is 0.719. The minimum absolute atomic E-state index is 0.0720. The van der Waals surface area contributed by atoms with E-state index in [1.54, 1.807) is 52.0 Å². The van der Waals surface area contributed by atoms with E-state index in [1.807, 2.05) is 27.7 Å². The number of fused-ring (bicyclic) bond motifs is 1. The molecule has 22 nitrogen and oxygen atoms in total. The van der Waals surface area contributed by atoms with E-state index < -0.39 is 150 Å². The minimum Gasteiger partial charge on any atom is -0.497 e. The van der Waals surface area contributed by atoms with Gasteiger partial charge in [-0.15, -0.1) is 0 Å². The van der Waals surface area contributed by atoms with Crippen molar-refractivity contribution in [2.45, 2.75) is 201 Å². The van der Waals surface area contributed by atoms with Crippen molar-refractivity contribution in [2.24, 2.45) is 29.6 Å². The van der Waals surface area contributed by atoms with Gasteiger partial charge in [-0.25, -0.2) is 4.79 Å². The summed E-state index contributed by atoms with van der Waals surface area (Å²) >= 11 is 0. The first-order chi connectivity index (χ1) is 37.0. The molecule has 13 atom stereocenters. The van der Waals surface area contributed by atoms with Crippen LogP contribution in [0.4, 0.5) is 0 Å². The molecule has 442 valence electrons. The fourth-order valence-corrected chi connectivity index (χ4v) is 10.5. The lowest BCUT2D eigenvalue weighted by Crippen LogP contribution is -2.62. The number of ether oxygens (including phenoxy) is 3. The lowest BCUT2D eigenvalue weighted by atomic mass is 9.91. The van der Waals surface area contributed by atoms with Crippen LogP contribution in [0.15, 0.2) is 24.3 Å². The number of aliphatic hydroxyl groups excluding tert-OH is 2. The number of benzene rings is 1. The van der Waals surface area contributed by atoms with Crippen molar-refractivity contribution < 1.29 is 72.4 Å². The molecule has 7 amide bonds. The van der Waals surface area contributed by atoms with Crippen molar-refractivity contribution in [2.75, 3.05) is 34.3 Å². The van der Waals surface area contributed by atoms with E-state index in [2.05, 4.69) is 16.0 Å². The Hall–Kier alpha value is -6.16. The largest absolute Gasteiger partial charge is 0.497 e. The number of carbonyl (C=O) groups is 10. The van der Waals surface area contributed by atoms with Crippen LogP contribution in [0.2, 0.25) is 0 Å². The average molecular weight is 1110 g/mol. The summed E-state index contributed by atoms with van der Waals surface area (Å²) in [5, 5.41) is 30.2. The number of nitrogens with one attached hydrogen (secondary N) is 3. The van der Waals surface area contributed by atoms with E-state index in [0.717, 1.165) is 0 Å². The summed E-state index contributed by atoms with van der Waals surface area (Å²) in [6.45, 7) is 18.4. The van der Waals surface area contributed by atoms with Crippen LogP contribution in [0, 0.1) is 29.6 Å². The molecular formula is C57H89N7O15. The maximum Gasteiger partial charge on any atom is 0.329 e. The SMILES string of the molecule is CC[C@H](C)C1NC(=O)C(NC(=O)[C@@H](CC(C)C)N(C)C(=O)[C@@H]2CCCN2C(=O)[C@H](C)O)[C@@H](C)OC(=O)C(Cc2ccc(OC)cc2)N(C)C(=O)[C@@H]2CCCN2C(=O)C(CC(C)C)NC(=O)[C@@H](C)C(=O)C(C(C)C)OC(=O)C[C@@H]1O. The Bertz CT molecular complexity index is 2330. The van der Waals surface area contributed by atoms with Crippen molar-refractivity contribution >= 4 is 59.1 Å². The summed E-state index contributed by atoms with van der Waals surface area (Å²) in [6, 6.07) is -2.19. The maximum atomic E-state index is 15.0. The highest BCUT2D eigenvalue weighted by molar-refractivity contribution is 6.05. The second-order valence-electron chi connectivity index (χ2n) is 23.0. The summed E-state index contributed by atoms with van der Waals surface area (Å²) in [5.74, 6) is -10.3. The molecule has 3 saturated heterocycles. The Kier molecular flexibility index (Phi) is 24.3. The zero-order chi connectivity index (χ0) is 59.3. The number of carbonyl (C=O) groups excluding carboxylic acids is 10. The van der Waals surface area contributed by atoms with Crippen LogP contribution in [-0.2, 0) is 63.8 Å². The van der Waals surface area contributed by atoms with Crippen LogP contribution in [0.25, 0.3) is 0 Å². The lowest BCUT2D eigenvalue weighted by molar-refractivity contribution is -0.163. The quantitative estimate of drug-likeness (QED) is 0.124. The van der Waals surface area contributed by atoms with Gasteiger partial charge in [-0.3, -0.25) is 43.2 Å². The summed E-state index contributed by atoms with van der Waals surface area (Å²) in [5.41, 5.74) is 0.571. The Morgan fingerprint density at radius 2 is 1.49 bits per heavy atom. The summed E-state index contributed by atoms with van der Waals surface area (Å²) in [4.78, 5) is 149. The third-order valence-corrected chi connectivity index (χ3v) is 15.5. The van der Waals surface area contributed by atoms with Crippen LogP contribution in [0.3, 0.4) is 0 Å². The molecule has 5 N–H and O–H groups in total. The van der Waals surface area contributed by atoms with E-state index in [9.17, 15) is 53.4 Å². The molecule has 3 fully saturated rings. The van der Waals surface area contributed by atoms with E-state index in [-0.39, 0.29) is 57.0 Å². The van der Waals surface area contributed by atoms with Crippen molar-refractivity contribution in [3.8, 4) is 5.75 Å². The molecule has 0 aliphatic carbocycles. The van der Waals surface area contributed by atoms with Gasteiger partial charge < -0.3 is 60.0 Å². The van der Waals surface area contributed by atoms with Gasteiger partial charge in [0.2, 0.25) is 35.4 Å². The molecule has 0 bridgehead atoms. The third kappa shape index (κ3) is 16.9. The number of hydrogen-bond donors (Lipinski definition) is 5. The lowest BCUT2D eigenvalue weighted by Gasteiger charge is -2.36. The van der Waals surface area contributed by atoms with Crippen LogP contribution in [0.5, 0.6) is 5.75 Å². The molecule has 1 aromatic rings. The van der Waals surface area contributed by atoms with Crippen molar-refractivity contribution in [3.05, 3.63) is 29.8 Å². The Labute approximate surface area is 465 Å². The highest BCUT2D eigenvalue weighted by Crippen LogP contribution is 2.27. The molecule has 0 radical (unpaired) electrons. The van der Waals surface area contributed by atoms with E-state index >= 15 is 4.79 Å². The van der Waals surface area contributed by atoms with Crippen molar-refractivity contribution in [3.63, 3.8) is 0 Å². The number of Topliss-reactive ketones (excluding diaryl/α,β-unsaturated/α-hetero) is 1. The van der Waals surface area contributed by atoms with E-state index in [4.69, 9.17) is 14.2 Å². The first-order valence-corrected chi connectivity index (χ1v) is 28.0. The van der Waals surface area contributed by atoms with Crippen LogP contribution >= 0.6 is 0 Å². The number of ketones is 1. The predicted molar refractivity (Wildman–Crippen MR) is 290 cm³/mol. The highest BCUT2D eigenvalue weighted by atomic mass is 16.6. The number of amides is 7. The molecule has 3 heterocycles. The van der Waals surface area contributed by atoms with Crippen LogP contribution in [0.1, 0.15) is 133 Å². The molecule has 79 heavy (non-hydrogen) atoms. The Morgan fingerprint density at radius 1 is 0.861 bits per heavy atom. The number of cyclic esters (lactones) is 2. The standard InChI is InChI=1S/C57H89N7O15/c1-15-33(8)46-44(66)29-45(67)79-49(32(6)7)48(68)34(9)50(69)58-39(26-30(2)3)54(73)64-25-17-19-41(64)56(75)62(13)43(28-37-20-22-38(77-14)23-21-37)57(76)78-36(11)47(52(71)59-46)60-51(70)42(27-31(4)5)61(12)55(74)40-18-16-24-63(40)53(72)35(10)65/h20-23,30-36,39-44,46-47,49,65-66H,15-19,24-29H2,1-14H3,(H,58,69)(H,59,71)(H,60,70)/t33-,34-,35-,36+,39?,40-,41-,42+,43?,44-,46?,47?,49?/m0/s1. The molecular weight excluding hydrogens is 1020 g/mol. The number of hydrogen-bond acceptors (Lipinski definition) is 15. The van der Waals surface area contributed by atoms with E-state index in [0.29, 0.717) is 30.6 Å².